The molecule has 1 N–H and O–H groups in total. The molecule has 0 saturated carbocycles. The van der Waals surface area contributed by atoms with Gasteiger partial charge in [0.25, 0.3) is 0 Å². The maximum atomic E-state index is 5.42. The van der Waals surface area contributed by atoms with Crippen molar-refractivity contribution in [3.05, 3.63) is 0 Å². The van der Waals surface area contributed by atoms with E-state index in [-0.39, 0.29) is 0 Å². The van der Waals surface area contributed by atoms with E-state index in [1.807, 2.05) is 0 Å². The average molecular weight is 141 g/mol. The first kappa shape index (κ1) is 6.62. The molecule has 0 spiro atoms. The van der Waals surface area contributed by atoms with Crippen molar-refractivity contribution in [2.45, 2.75) is 31.8 Å². The fourth-order valence-corrected chi connectivity index (χ4v) is 2.12. The molecule has 2 nitrogen and oxygen atoms in total. The monoisotopic (exact) mass is 141 g/mol. The predicted molar refractivity (Wildman–Crippen MR) is 39.9 cm³/mol. The second-order valence-corrected chi connectivity index (χ2v) is 3.67. The van der Waals surface area contributed by atoms with E-state index in [1.165, 1.54) is 12.8 Å². The molecule has 0 amide bonds. The number of ether oxygens (including phenoxy) is 1. The van der Waals surface area contributed by atoms with Crippen molar-refractivity contribution in [2.75, 3.05) is 13.2 Å². The topological polar surface area (TPSA) is 21.3 Å². The molecule has 0 aromatic carbocycles. The number of fused-ring (bicyclic) bond motifs is 2. The van der Waals surface area contributed by atoms with Gasteiger partial charge < -0.3 is 10.1 Å². The molecule has 2 aliphatic rings. The number of morpholine rings is 1. The first-order valence-electron chi connectivity index (χ1n) is 4.18. The minimum Gasteiger partial charge on any atom is -0.378 e. The van der Waals surface area contributed by atoms with Gasteiger partial charge in [0.05, 0.1) is 13.2 Å². The van der Waals surface area contributed by atoms with Crippen molar-refractivity contribution < 1.29 is 4.74 Å². The third-order valence-electron chi connectivity index (χ3n) is 2.48. The summed E-state index contributed by atoms with van der Waals surface area (Å²) in [5, 5.41) is 3.56. The summed E-state index contributed by atoms with van der Waals surface area (Å²) in [5.41, 5.74) is 0. The van der Waals surface area contributed by atoms with E-state index in [0.717, 1.165) is 19.1 Å². The molecule has 0 aromatic heterocycles. The average Bonchev–Trinajstić information content (AvgIpc) is 1.85. The van der Waals surface area contributed by atoms with Crippen LogP contribution in [0.3, 0.4) is 0 Å². The molecule has 2 heterocycles. The van der Waals surface area contributed by atoms with Crippen LogP contribution >= 0.6 is 0 Å². The normalized spacial score (nSPS) is 47.1. The van der Waals surface area contributed by atoms with Crippen LogP contribution in [0.4, 0.5) is 0 Å². The lowest BCUT2D eigenvalue weighted by atomic mass is 9.89. The van der Waals surface area contributed by atoms with Crippen molar-refractivity contribution in [3.8, 4) is 0 Å². The van der Waals surface area contributed by atoms with Gasteiger partial charge in [0.15, 0.2) is 0 Å². The van der Waals surface area contributed by atoms with Crippen LogP contribution in [-0.2, 0) is 4.74 Å². The quantitative estimate of drug-likeness (QED) is 0.538. The van der Waals surface area contributed by atoms with Gasteiger partial charge in [-0.1, -0.05) is 6.92 Å². The summed E-state index contributed by atoms with van der Waals surface area (Å²) in [7, 11) is 0. The van der Waals surface area contributed by atoms with E-state index < -0.39 is 0 Å². The smallest absolute Gasteiger partial charge is 0.0620 e. The van der Waals surface area contributed by atoms with Gasteiger partial charge in [-0.05, 0) is 18.8 Å². The summed E-state index contributed by atoms with van der Waals surface area (Å²) in [6.45, 7) is 4.20. The van der Waals surface area contributed by atoms with Gasteiger partial charge >= 0.3 is 0 Å². The highest BCUT2D eigenvalue weighted by Crippen LogP contribution is 2.22. The minimum atomic E-state index is 0.655. The molecule has 2 fully saturated rings. The lowest BCUT2D eigenvalue weighted by Gasteiger charge is -2.38. The van der Waals surface area contributed by atoms with Crippen LogP contribution in [0.1, 0.15) is 19.8 Å². The fraction of sp³-hybridized carbons (Fsp3) is 1.00. The molecule has 2 atom stereocenters. The molecule has 2 saturated heterocycles. The lowest BCUT2D eigenvalue weighted by molar-refractivity contribution is 0.0107. The molecule has 2 aliphatic heterocycles. The van der Waals surface area contributed by atoms with Crippen molar-refractivity contribution >= 4 is 0 Å². The van der Waals surface area contributed by atoms with E-state index in [4.69, 9.17) is 4.74 Å². The van der Waals surface area contributed by atoms with Crippen molar-refractivity contribution in [3.63, 3.8) is 0 Å². The molecule has 58 valence electrons. The van der Waals surface area contributed by atoms with Gasteiger partial charge in [-0.2, -0.15) is 0 Å². The van der Waals surface area contributed by atoms with Crippen LogP contribution in [0.5, 0.6) is 0 Å². The molecular formula is C8H15NO. The summed E-state index contributed by atoms with van der Waals surface area (Å²) < 4.78 is 5.42. The standard InChI is InChI=1S/C8H15NO/c1-6-2-7-4-10-5-8(3-6)9-7/h6-9H,2-5H2,1H3. The molecule has 2 rings (SSSR count). The molecule has 2 heteroatoms. The van der Waals surface area contributed by atoms with Gasteiger partial charge in [-0.3, -0.25) is 0 Å². The Morgan fingerprint density at radius 1 is 1.20 bits per heavy atom. The second kappa shape index (κ2) is 2.51. The maximum Gasteiger partial charge on any atom is 0.0620 e. The van der Waals surface area contributed by atoms with Crippen LogP contribution in [0.15, 0.2) is 0 Å². The van der Waals surface area contributed by atoms with Gasteiger partial charge in [-0.25, -0.2) is 0 Å². The highest BCUT2D eigenvalue weighted by Gasteiger charge is 2.29. The van der Waals surface area contributed by atoms with E-state index in [9.17, 15) is 0 Å². The number of hydrogen-bond acceptors (Lipinski definition) is 2. The Balaban J connectivity index is 1.98. The molecule has 10 heavy (non-hydrogen) atoms. The fourth-order valence-electron chi connectivity index (χ4n) is 2.12. The van der Waals surface area contributed by atoms with Gasteiger partial charge in [0.2, 0.25) is 0 Å². The molecule has 0 aromatic rings. The largest absolute Gasteiger partial charge is 0.378 e. The zero-order chi connectivity index (χ0) is 6.97. The molecule has 2 bridgehead atoms. The zero-order valence-corrected chi connectivity index (χ0v) is 6.47. The Morgan fingerprint density at radius 3 is 2.40 bits per heavy atom. The number of rotatable bonds is 0. The van der Waals surface area contributed by atoms with Crippen LogP contribution in [0, 0.1) is 5.92 Å². The van der Waals surface area contributed by atoms with E-state index in [1.54, 1.807) is 0 Å². The van der Waals surface area contributed by atoms with Crippen molar-refractivity contribution in [2.24, 2.45) is 5.92 Å². The predicted octanol–water partition coefficient (Wildman–Crippen LogP) is 0.773. The van der Waals surface area contributed by atoms with Crippen molar-refractivity contribution in [1.82, 2.24) is 5.32 Å². The number of piperidine rings is 1. The summed E-state index contributed by atoms with van der Waals surface area (Å²) >= 11 is 0. The van der Waals surface area contributed by atoms with Crippen LogP contribution in [-0.4, -0.2) is 25.3 Å². The number of hydrogen-bond donors (Lipinski definition) is 1. The Labute approximate surface area is 61.9 Å². The SMILES string of the molecule is CC1CC2COCC(C1)N2. The first-order chi connectivity index (χ1) is 4.84. The van der Waals surface area contributed by atoms with Crippen LogP contribution in [0.25, 0.3) is 0 Å². The summed E-state index contributed by atoms with van der Waals surface area (Å²) in [6, 6.07) is 1.31. The molecule has 0 radical (unpaired) electrons. The Hall–Kier alpha value is -0.0800. The van der Waals surface area contributed by atoms with E-state index in [2.05, 4.69) is 12.2 Å². The number of nitrogens with one attached hydrogen (secondary N) is 1. The van der Waals surface area contributed by atoms with Gasteiger partial charge in [0, 0.05) is 12.1 Å². The zero-order valence-electron chi connectivity index (χ0n) is 6.47. The lowest BCUT2D eigenvalue weighted by Crippen LogP contribution is -2.53. The minimum absolute atomic E-state index is 0.655. The molecular weight excluding hydrogens is 126 g/mol. The molecule has 2 unspecified atom stereocenters. The van der Waals surface area contributed by atoms with Crippen LogP contribution in [0.2, 0.25) is 0 Å². The summed E-state index contributed by atoms with van der Waals surface area (Å²) in [5.74, 6) is 0.903. The Kier molecular flexibility index (Phi) is 1.66. The summed E-state index contributed by atoms with van der Waals surface area (Å²) in [4.78, 5) is 0. The van der Waals surface area contributed by atoms with Gasteiger partial charge in [0.1, 0.15) is 0 Å². The van der Waals surface area contributed by atoms with E-state index >= 15 is 0 Å². The highest BCUT2D eigenvalue weighted by atomic mass is 16.5. The Morgan fingerprint density at radius 2 is 1.80 bits per heavy atom. The third-order valence-corrected chi connectivity index (χ3v) is 2.48. The summed E-state index contributed by atoms with van der Waals surface area (Å²) in [6.07, 6.45) is 2.60. The molecule has 0 aliphatic carbocycles. The second-order valence-electron chi connectivity index (χ2n) is 3.67. The first-order valence-corrected chi connectivity index (χ1v) is 4.18. The van der Waals surface area contributed by atoms with E-state index in [0.29, 0.717) is 12.1 Å². The van der Waals surface area contributed by atoms with Crippen molar-refractivity contribution in [1.29, 1.82) is 0 Å². The Bertz CT molecular complexity index is 110. The van der Waals surface area contributed by atoms with Crippen LogP contribution < -0.4 is 5.32 Å². The highest BCUT2D eigenvalue weighted by molar-refractivity contribution is 4.86. The third kappa shape index (κ3) is 1.18. The maximum absolute atomic E-state index is 5.42. The van der Waals surface area contributed by atoms with Gasteiger partial charge in [-0.15, -0.1) is 0 Å².